The summed E-state index contributed by atoms with van der Waals surface area (Å²) in [4.78, 5) is 40.5. The first kappa shape index (κ1) is 18.1. The van der Waals surface area contributed by atoms with Crippen molar-refractivity contribution in [1.82, 2.24) is 20.4 Å². The van der Waals surface area contributed by atoms with Gasteiger partial charge in [0, 0.05) is 37.7 Å². The van der Waals surface area contributed by atoms with E-state index >= 15 is 0 Å². The lowest BCUT2D eigenvalue weighted by molar-refractivity contribution is -0.136. The first-order valence-corrected chi connectivity index (χ1v) is 9.72. The highest BCUT2D eigenvalue weighted by Crippen LogP contribution is 2.29. The van der Waals surface area contributed by atoms with Gasteiger partial charge in [0.15, 0.2) is 0 Å². The molecule has 3 aliphatic heterocycles. The molecule has 1 aromatic rings. The van der Waals surface area contributed by atoms with Crippen molar-refractivity contribution in [2.75, 3.05) is 20.1 Å². The fourth-order valence-corrected chi connectivity index (χ4v) is 4.50. The summed E-state index contributed by atoms with van der Waals surface area (Å²) in [6.45, 7) is 3.34. The molecule has 2 atom stereocenters. The lowest BCUT2D eigenvalue weighted by Crippen LogP contribution is -2.52. The first-order chi connectivity index (χ1) is 13.1. The van der Waals surface area contributed by atoms with E-state index in [-0.39, 0.29) is 24.1 Å². The van der Waals surface area contributed by atoms with Gasteiger partial charge < -0.3 is 10.2 Å². The highest BCUT2D eigenvalue weighted by atomic mass is 16.2. The van der Waals surface area contributed by atoms with Gasteiger partial charge in [-0.05, 0) is 50.0 Å². The number of hydrogen-bond donors (Lipinski definition) is 2. The number of nitrogens with zero attached hydrogens (tertiary/aromatic N) is 2. The Labute approximate surface area is 159 Å². The van der Waals surface area contributed by atoms with E-state index < -0.39 is 6.04 Å². The van der Waals surface area contributed by atoms with Gasteiger partial charge >= 0.3 is 0 Å². The molecule has 3 aliphatic rings. The Hall–Kier alpha value is -2.25. The van der Waals surface area contributed by atoms with Gasteiger partial charge in [-0.15, -0.1) is 0 Å². The van der Waals surface area contributed by atoms with Gasteiger partial charge in [0.25, 0.3) is 5.91 Å². The number of likely N-dealkylation sites (tertiary alicyclic amines) is 1. The standard InChI is InChI=1S/C20H26N4O3/c1-21-10-15-3-2-8-23(15)11-13-4-5-14-12-24(20(27)16(14)9-13)17-6-7-18(25)22-19(17)26/h4-5,9,15,17,21H,2-3,6-8,10-12H2,1H3,(H,22,25,26). The van der Waals surface area contributed by atoms with E-state index in [0.717, 1.165) is 30.8 Å². The zero-order valence-electron chi connectivity index (χ0n) is 15.7. The number of rotatable bonds is 5. The summed E-state index contributed by atoms with van der Waals surface area (Å²) in [7, 11) is 1.98. The molecule has 144 valence electrons. The van der Waals surface area contributed by atoms with Gasteiger partial charge in [-0.2, -0.15) is 0 Å². The molecule has 0 spiro atoms. The Kier molecular flexibility index (Phi) is 4.97. The molecule has 0 bridgehead atoms. The van der Waals surface area contributed by atoms with Crippen LogP contribution in [0.4, 0.5) is 0 Å². The number of fused-ring (bicyclic) bond motifs is 1. The van der Waals surface area contributed by atoms with Crippen LogP contribution in [0.15, 0.2) is 18.2 Å². The van der Waals surface area contributed by atoms with Gasteiger partial charge in [-0.25, -0.2) is 0 Å². The number of carbonyl (C=O) groups is 3. The van der Waals surface area contributed by atoms with Crippen LogP contribution >= 0.6 is 0 Å². The maximum absolute atomic E-state index is 12.9. The fraction of sp³-hybridized carbons (Fsp3) is 0.550. The molecule has 2 fully saturated rings. The number of benzene rings is 1. The minimum atomic E-state index is -0.551. The minimum absolute atomic E-state index is 0.102. The Morgan fingerprint density at radius 1 is 1.22 bits per heavy atom. The fourth-order valence-electron chi connectivity index (χ4n) is 4.50. The van der Waals surface area contributed by atoms with E-state index in [4.69, 9.17) is 0 Å². The number of likely N-dealkylation sites (N-methyl/N-ethyl adjacent to an activating group) is 1. The molecule has 3 amide bonds. The van der Waals surface area contributed by atoms with E-state index in [0.29, 0.717) is 24.6 Å². The van der Waals surface area contributed by atoms with Crippen LogP contribution in [-0.2, 0) is 22.7 Å². The highest BCUT2D eigenvalue weighted by Gasteiger charge is 2.39. The average molecular weight is 370 g/mol. The third-order valence-electron chi connectivity index (χ3n) is 5.92. The van der Waals surface area contributed by atoms with Crippen molar-refractivity contribution in [3.8, 4) is 0 Å². The van der Waals surface area contributed by atoms with Crippen molar-refractivity contribution in [3.63, 3.8) is 0 Å². The van der Waals surface area contributed by atoms with Crippen LogP contribution in [0.25, 0.3) is 0 Å². The zero-order valence-corrected chi connectivity index (χ0v) is 15.7. The predicted octanol–water partition coefficient (Wildman–Crippen LogP) is 0.631. The van der Waals surface area contributed by atoms with Crippen LogP contribution in [-0.4, -0.2) is 59.7 Å². The molecule has 3 heterocycles. The molecule has 7 heteroatoms. The number of hydrogen-bond acceptors (Lipinski definition) is 5. The van der Waals surface area contributed by atoms with Crippen LogP contribution < -0.4 is 10.6 Å². The molecule has 2 N–H and O–H groups in total. The topological polar surface area (TPSA) is 81.8 Å². The van der Waals surface area contributed by atoms with Crippen molar-refractivity contribution in [1.29, 1.82) is 0 Å². The summed E-state index contributed by atoms with van der Waals surface area (Å²) in [5.41, 5.74) is 2.79. The van der Waals surface area contributed by atoms with Crippen LogP contribution in [0.5, 0.6) is 0 Å². The second-order valence-corrected chi connectivity index (χ2v) is 7.72. The summed E-state index contributed by atoms with van der Waals surface area (Å²) < 4.78 is 0. The van der Waals surface area contributed by atoms with E-state index in [1.54, 1.807) is 4.90 Å². The zero-order chi connectivity index (χ0) is 19.0. The molecule has 2 unspecified atom stereocenters. The van der Waals surface area contributed by atoms with Crippen molar-refractivity contribution in [2.24, 2.45) is 0 Å². The summed E-state index contributed by atoms with van der Waals surface area (Å²) >= 11 is 0. The Balaban J connectivity index is 1.48. The normalized spacial score (nSPS) is 25.8. The van der Waals surface area contributed by atoms with E-state index in [1.807, 2.05) is 19.2 Å². The molecular formula is C20H26N4O3. The van der Waals surface area contributed by atoms with Crippen LogP contribution in [0.1, 0.15) is 47.2 Å². The molecule has 4 rings (SSSR count). The Bertz CT molecular complexity index is 778. The number of amides is 3. The van der Waals surface area contributed by atoms with Crippen LogP contribution in [0, 0.1) is 0 Å². The largest absolute Gasteiger partial charge is 0.322 e. The third kappa shape index (κ3) is 3.49. The maximum Gasteiger partial charge on any atom is 0.255 e. The monoisotopic (exact) mass is 370 g/mol. The van der Waals surface area contributed by atoms with Gasteiger partial charge in [-0.1, -0.05) is 12.1 Å². The first-order valence-electron chi connectivity index (χ1n) is 9.72. The SMILES string of the molecule is CNCC1CCCN1Cc1ccc2c(c1)C(=O)N(C1CCC(=O)NC1=O)C2. The van der Waals surface area contributed by atoms with Gasteiger partial charge in [0.2, 0.25) is 11.8 Å². The third-order valence-corrected chi connectivity index (χ3v) is 5.92. The average Bonchev–Trinajstić information content (AvgIpc) is 3.20. The summed E-state index contributed by atoms with van der Waals surface area (Å²) in [5.74, 6) is -0.724. The minimum Gasteiger partial charge on any atom is -0.322 e. The van der Waals surface area contributed by atoms with Crippen molar-refractivity contribution in [2.45, 2.75) is 50.9 Å². The quantitative estimate of drug-likeness (QED) is 0.743. The lowest BCUT2D eigenvalue weighted by Gasteiger charge is -2.29. The molecular weight excluding hydrogens is 344 g/mol. The van der Waals surface area contributed by atoms with Gasteiger partial charge in [0.1, 0.15) is 6.04 Å². The molecule has 2 saturated heterocycles. The van der Waals surface area contributed by atoms with Crippen LogP contribution in [0.2, 0.25) is 0 Å². The highest BCUT2D eigenvalue weighted by molar-refractivity contribution is 6.05. The Morgan fingerprint density at radius 3 is 2.85 bits per heavy atom. The number of nitrogens with one attached hydrogen (secondary N) is 2. The number of piperidine rings is 1. The lowest BCUT2D eigenvalue weighted by atomic mass is 10.0. The molecule has 1 aromatic carbocycles. The molecule has 0 saturated carbocycles. The summed E-state index contributed by atoms with van der Waals surface area (Å²) in [6, 6.07) is 6.08. The summed E-state index contributed by atoms with van der Waals surface area (Å²) in [6.07, 6.45) is 3.09. The van der Waals surface area contributed by atoms with E-state index in [1.165, 1.54) is 12.8 Å². The number of carbonyl (C=O) groups excluding carboxylic acids is 3. The van der Waals surface area contributed by atoms with Crippen LogP contribution in [0.3, 0.4) is 0 Å². The van der Waals surface area contributed by atoms with Gasteiger partial charge in [0.05, 0.1) is 0 Å². The molecule has 0 aromatic heterocycles. The van der Waals surface area contributed by atoms with Crippen molar-refractivity contribution < 1.29 is 14.4 Å². The van der Waals surface area contributed by atoms with E-state index in [9.17, 15) is 14.4 Å². The number of imide groups is 1. The molecule has 0 aliphatic carbocycles. The second-order valence-electron chi connectivity index (χ2n) is 7.72. The van der Waals surface area contributed by atoms with E-state index in [2.05, 4.69) is 21.6 Å². The molecule has 27 heavy (non-hydrogen) atoms. The predicted molar refractivity (Wildman–Crippen MR) is 99.8 cm³/mol. The molecule has 7 nitrogen and oxygen atoms in total. The Morgan fingerprint density at radius 2 is 2.07 bits per heavy atom. The smallest absolute Gasteiger partial charge is 0.255 e. The van der Waals surface area contributed by atoms with Crippen molar-refractivity contribution >= 4 is 17.7 Å². The summed E-state index contributed by atoms with van der Waals surface area (Å²) in [5, 5.41) is 5.60. The molecule has 0 radical (unpaired) electrons. The van der Waals surface area contributed by atoms with Crippen molar-refractivity contribution in [3.05, 3.63) is 34.9 Å². The van der Waals surface area contributed by atoms with Gasteiger partial charge in [-0.3, -0.25) is 24.6 Å². The maximum atomic E-state index is 12.9. The second kappa shape index (κ2) is 7.40.